The van der Waals surface area contributed by atoms with Crippen molar-refractivity contribution in [2.75, 3.05) is 6.54 Å². The average Bonchev–Trinajstić information content (AvgIpc) is 2.79. The number of aromatic nitrogens is 3. The number of nitrogens with zero attached hydrogens (tertiary/aromatic N) is 3. The van der Waals surface area contributed by atoms with Gasteiger partial charge in [-0.2, -0.15) is 5.10 Å². The van der Waals surface area contributed by atoms with E-state index in [-0.39, 0.29) is 0 Å². The summed E-state index contributed by atoms with van der Waals surface area (Å²) in [5.41, 5.74) is 2.00. The molecule has 0 aliphatic carbocycles. The third-order valence-electron chi connectivity index (χ3n) is 2.28. The number of rotatable bonds is 4. The van der Waals surface area contributed by atoms with E-state index in [9.17, 15) is 0 Å². The lowest BCUT2D eigenvalue weighted by Crippen LogP contribution is -2.14. The Morgan fingerprint density at radius 1 is 1.44 bits per heavy atom. The molecular formula is C11H13ClN4. The summed E-state index contributed by atoms with van der Waals surface area (Å²) in [4.78, 5) is 3.93. The molecule has 0 saturated carbocycles. The van der Waals surface area contributed by atoms with Crippen LogP contribution in [0.5, 0.6) is 0 Å². The predicted molar refractivity (Wildman–Crippen MR) is 63.7 cm³/mol. The molecule has 0 atom stereocenters. The minimum Gasteiger partial charge on any atom is -0.313 e. The summed E-state index contributed by atoms with van der Waals surface area (Å²) in [5, 5.41) is 8.06. The van der Waals surface area contributed by atoms with Crippen LogP contribution in [-0.4, -0.2) is 21.3 Å². The largest absolute Gasteiger partial charge is 0.313 e. The first-order valence-corrected chi connectivity index (χ1v) is 5.54. The van der Waals surface area contributed by atoms with Crippen molar-refractivity contribution in [3.63, 3.8) is 0 Å². The summed E-state index contributed by atoms with van der Waals surface area (Å²) in [6, 6.07) is 5.83. The molecule has 0 aliphatic heterocycles. The van der Waals surface area contributed by atoms with Crippen LogP contribution in [0.3, 0.4) is 0 Å². The van der Waals surface area contributed by atoms with Gasteiger partial charge in [0.2, 0.25) is 0 Å². The van der Waals surface area contributed by atoms with Crippen molar-refractivity contribution < 1.29 is 0 Å². The molecule has 1 aromatic carbocycles. The van der Waals surface area contributed by atoms with E-state index in [0.717, 1.165) is 24.3 Å². The molecule has 0 bridgehead atoms. The molecule has 0 saturated heterocycles. The van der Waals surface area contributed by atoms with Crippen molar-refractivity contribution in [1.82, 2.24) is 20.1 Å². The number of hydrogen-bond acceptors (Lipinski definition) is 3. The van der Waals surface area contributed by atoms with E-state index in [2.05, 4.69) is 22.3 Å². The first-order valence-electron chi connectivity index (χ1n) is 5.16. The van der Waals surface area contributed by atoms with E-state index in [1.54, 1.807) is 11.0 Å². The quantitative estimate of drug-likeness (QED) is 0.884. The highest BCUT2D eigenvalue weighted by molar-refractivity contribution is 6.32. The average molecular weight is 237 g/mol. The molecule has 0 fully saturated rings. The van der Waals surface area contributed by atoms with Crippen molar-refractivity contribution in [2.45, 2.75) is 13.5 Å². The molecule has 1 heterocycles. The number of nitrogens with one attached hydrogen (secondary N) is 1. The molecule has 84 valence electrons. The number of halogens is 1. The van der Waals surface area contributed by atoms with E-state index in [0.29, 0.717) is 5.02 Å². The van der Waals surface area contributed by atoms with Crippen molar-refractivity contribution in [1.29, 1.82) is 0 Å². The van der Waals surface area contributed by atoms with E-state index in [1.807, 2.05) is 18.2 Å². The highest BCUT2D eigenvalue weighted by atomic mass is 35.5. The summed E-state index contributed by atoms with van der Waals surface area (Å²) in [6.45, 7) is 3.76. The normalized spacial score (nSPS) is 10.6. The Hall–Kier alpha value is -1.39. The van der Waals surface area contributed by atoms with Gasteiger partial charge in [0.1, 0.15) is 12.7 Å². The lowest BCUT2D eigenvalue weighted by atomic mass is 10.2. The van der Waals surface area contributed by atoms with Crippen LogP contribution >= 0.6 is 11.6 Å². The zero-order chi connectivity index (χ0) is 11.4. The molecule has 0 amide bonds. The first-order chi connectivity index (χ1) is 7.83. The van der Waals surface area contributed by atoms with E-state index in [4.69, 9.17) is 11.6 Å². The molecule has 1 N–H and O–H groups in total. The maximum Gasteiger partial charge on any atom is 0.138 e. The van der Waals surface area contributed by atoms with Crippen LogP contribution < -0.4 is 5.32 Å². The summed E-state index contributed by atoms with van der Waals surface area (Å²) < 4.78 is 1.69. The van der Waals surface area contributed by atoms with Gasteiger partial charge in [-0.15, -0.1) is 0 Å². The van der Waals surface area contributed by atoms with Gasteiger partial charge in [0, 0.05) is 6.54 Å². The number of para-hydroxylation sites is 1. The van der Waals surface area contributed by atoms with Crippen LogP contribution in [0.4, 0.5) is 0 Å². The van der Waals surface area contributed by atoms with Crippen LogP contribution in [0.2, 0.25) is 5.02 Å². The SMILES string of the molecule is CCNCc1cccc(Cl)c1-n1cncn1. The van der Waals surface area contributed by atoms with E-state index < -0.39 is 0 Å². The fraction of sp³-hybridized carbons (Fsp3) is 0.273. The Bertz CT molecular complexity index is 453. The smallest absolute Gasteiger partial charge is 0.138 e. The van der Waals surface area contributed by atoms with Crippen LogP contribution in [0, 0.1) is 0 Å². The third kappa shape index (κ3) is 2.23. The zero-order valence-electron chi connectivity index (χ0n) is 9.02. The Balaban J connectivity index is 2.41. The molecule has 0 spiro atoms. The van der Waals surface area contributed by atoms with Crippen LogP contribution in [-0.2, 0) is 6.54 Å². The maximum absolute atomic E-state index is 6.18. The summed E-state index contributed by atoms with van der Waals surface area (Å²) in [7, 11) is 0. The van der Waals surface area contributed by atoms with Crippen LogP contribution in [0.25, 0.3) is 5.69 Å². The highest BCUT2D eigenvalue weighted by Gasteiger charge is 2.08. The van der Waals surface area contributed by atoms with Gasteiger partial charge in [0.25, 0.3) is 0 Å². The number of hydrogen-bond donors (Lipinski definition) is 1. The second-order valence-corrected chi connectivity index (χ2v) is 3.78. The minimum atomic E-state index is 0.681. The van der Waals surface area contributed by atoms with Crippen LogP contribution in [0.15, 0.2) is 30.9 Å². The monoisotopic (exact) mass is 236 g/mol. The standard InChI is InChI=1S/C11H13ClN4/c1-2-13-6-9-4-3-5-10(12)11(9)16-8-14-7-15-16/h3-5,7-8,13H,2,6H2,1H3. The van der Waals surface area contributed by atoms with Crippen molar-refractivity contribution in [2.24, 2.45) is 0 Å². The fourth-order valence-electron chi connectivity index (χ4n) is 1.54. The van der Waals surface area contributed by atoms with Gasteiger partial charge >= 0.3 is 0 Å². The fourth-order valence-corrected chi connectivity index (χ4v) is 1.82. The van der Waals surface area contributed by atoms with Crippen molar-refractivity contribution >= 4 is 11.6 Å². The van der Waals surface area contributed by atoms with Gasteiger partial charge in [-0.1, -0.05) is 30.7 Å². The van der Waals surface area contributed by atoms with Gasteiger partial charge in [-0.3, -0.25) is 0 Å². The molecule has 2 aromatic rings. The summed E-state index contributed by atoms with van der Waals surface area (Å²) >= 11 is 6.18. The van der Waals surface area contributed by atoms with E-state index in [1.165, 1.54) is 6.33 Å². The Labute approximate surface area is 99.3 Å². The molecule has 1 aromatic heterocycles. The lowest BCUT2D eigenvalue weighted by molar-refractivity contribution is 0.717. The topological polar surface area (TPSA) is 42.7 Å². The minimum absolute atomic E-state index is 0.681. The Kier molecular flexibility index (Phi) is 3.54. The predicted octanol–water partition coefficient (Wildman–Crippen LogP) is 2.03. The van der Waals surface area contributed by atoms with Gasteiger partial charge < -0.3 is 5.32 Å². The molecule has 0 aliphatic rings. The maximum atomic E-state index is 6.18. The summed E-state index contributed by atoms with van der Waals surface area (Å²) in [5.74, 6) is 0. The van der Waals surface area contributed by atoms with E-state index >= 15 is 0 Å². The first kappa shape index (κ1) is 11.1. The lowest BCUT2D eigenvalue weighted by Gasteiger charge is -2.11. The van der Waals surface area contributed by atoms with Gasteiger partial charge in [0.15, 0.2) is 0 Å². The van der Waals surface area contributed by atoms with Crippen molar-refractivity contribution in [3.05, 3.63) is 41.4 Å². The second kappa shape index (κ2) is 5.09. The third-order valence-corrected chi connectivity index (χ3v) is 2.59. The second-order valence-electron chi connectivity index (χ2n) is 3.37. The highest BCUT2D eigenvalue weighted by Crippen LogP contribution is 2.23. The molecule has 16 heavy (non-hydrogen) atoms. The molecular weight excluding hydrogens is 224 g/mol. The Morgan fingerprint density at radius 3 is 3.00 bits per heavy atom. The van der Waals surface area contributed by atoms with Gasteiger partial charge in [-0.05, 0) is 18.2 Å². The summed E-state index contributed by atoms with van der Waals surface area (Å²) in [6.07, 6.45) is 3.15. The molecule has 4 nitrogen and oxygen atoms in total. The molecule has 0 radical (unpaired) electrons. The molecule has 5 heteroatoms. The number of benzene rings is 1. The van der Waals surface area contributed by atoms with Gasteiger partial charge in [-0.25, -0.2) is 9.67 Å². The zero-order valence-corrected chi connectivity index (χ0v) is 9.78. The Morgan fingerprint density at radius 2 is 2.31 bits per heavy atom. The molecule has 0 unspecified atom stereocenters. The van der Waals surface area contributed by atoms with Crippen LogP contribution in [0.1, 0.15) is 12.5 Å². The molecule has 2 rings (SSSR count). The van der Waals surface area contributed by atoms with Crippen molar-refractivity contribution in [3.8, 4) is 5.69 Å². The van der Waals surface area contributed by atoms with Gasteiger partial charge in [0.05, 0.1) is 10.7 Å².